The lowest BCUT2D eigenvalue weighted by molar-refractivity contribution is 0.0164. The smallest absolute Gasteiger partial charge is 0.329 e. The van der Waals surface area contributed by atoms with Crippen LogP contribution in [0, 0.1) is 0 Å². The third-order valence-electron chi connectivity index (χ3n) is 5.99. The van der Waals surface area contributed by atoms with Crippen LogP contribution in [0.5, 0.6) is 0 Å². The number of rotatable bonds is 5. The first-order valence-electron chi connectivity index (χ1n) is 10.3. The van der Waals surface area contributed by atoms with E-state index < -0.39 is 11.3 Å². The number of hydrogen-bond donors (Lipinski definition) is 2. The van der Waals surface area contributed by atoms with Gasteiger partial charge >= 0.3 is 5.69 Å². The van der Waals surface area contributed by atoms with Crippen molar-refractivity contribution in [3.63, 3.8) is 0 Å². The summed E-state index contributed by atoms with van der Waals surface area (Å²) in [6, 6.07) is 19.8. The van der Waals surface area contributed by atoms with Crippen LogP contribution >= 0.6 is 0 Å². The molecule has 0 saturated carbocycles. The van der Waals surface area contributed by atoms with E-state index in [2.05, 4.69) is 4.98 Å². The molecule has 1 saturated heterocycles. The summed E-state index contributed by atoms with van der Waals surface area (Å²) in [7, 11) is 1.49. The standard InChI is InChI=1S/C24H27N3O3/c1-26-22(28)20(16-18-8-4-2-5-9-18)21(25-23(26)29)27-14-12-24(30,13-15-27)17-19-10-6-3-7-11-19/h2-11,30H,12-17H2,1H3,(H,25,29). The number of nitrogens with one attached hydrogen (secondary N) is 1. The van der Waals surface area contributed by atoms with E-state index in [0.717, 1.165) is 15.7 Å². The second kappa shape index (κ2) is 8.32. The molecule has 1 aromatic heterocycles. The molecule has 0 unspecified atom stereocenters. The van der Waals surface area contributed by atoms with Crippen LogP contribution in [0.4, 0.5) is 5.82 Å². The molecule has 156 valence electrons. The monoisotopic (exact) mass is 405 g/mol. The number of aromatic nitrogens is 2. The van der Waals surface area contributed by atoms with Gasteiger partial charge in [-0.25, -0.2) is 4.79 Å². The lowest BCUT2D eigenvalue weighted by Crippen LogP contribution is -2.48. The highest BCUT2D eigenvalue weighted by molar-refractivity contribution is 5.48. The summed E-state index contributed by atoms with van der Waals surface area (Å²) in [5.74, 6) is 0.578. The molecule has 0 bridgehead atoms. The molecule has 1 aliphatic rings. The van der Waals surface area contributed by atoms with Gasteiger partial charge < -0.3 is 10.0 Å². The Bertz CT molecular complexity index is 1110. The predicted molar refractivity (Wildman–Crippen MR) is 118 cm³/mol. The van der Waals surface area contributed by atoms with Gasteiger partial charge in [0.05, 0.1) is 11.2 Å². The Hall–Kier alpha value is -3.12. The molecule has 30 heavy (non-hydrogen) atoms. The summed E-state index contributed by atoms with van der Waals surface area (Å²) in [5.41, 5.74) is 1.23. The first-order valence-corrected chi connectivity index (χ1v) is 10.3. The Labute approximate surface area is 175 Å². The molecule has 4 rings (SSSR count). The maximum absolute atomic E-state index is 12.9. The van der Waals surface area contributed by atoms with Crippen molar-refractivity contribution in [2.24, 2.45) is 7.05 Å². The van der Waals surface area contributed by atoms with Crippen LogP contribution in [0.3, 0.4) is 0 Å². The summed E-state index contributed by atoms with van der Waals surface area (Å²) in [4.78, 5) is 30.1. The van der Waals surface area contributed by atoms with E-state index in [-0.39, 0.29) is 5.56 Å². The molecule has 0 atom stereocenters. The molecule has 0 radical (unpaired) electrons. The first kappa shape index (κ1) is 20.2. The Kier molecular flexibility index (Phi) is 5.59. The Balaban J connectivity index is 1.58. The minimum atomic E-state index is -0.780. The molecular formula is C24H27N3O3. The van der Waals surface area contributed by atoms with Crippen molar-refractivity contribution >= 4 is 5.82 Å². The zero-order chi connectivity index (χ0) is 21.1. The van der Waals surface area contributed by atoms with Crippen LogP contribution in [-0.4, -0.2) is 33.3 Å². The van der Waals surface area contributed by atoms with E-state index in [0.29, 0.717) is 50.2 Å². The van der Waals surface area contributed by atoms with Gasteiger partial charge in [0, 0.05) is 33.0 Å². The largest absolute Gasteiger partial charge is 0.389 e. The minimum absolute atomic E-state index is 0.275. The lowest BCUT2D eigenvalue weighted by Gasteiger charge is -2.39. The Morgan fingerprint density at radius 2 is 1.50 bits per heavy atom. The molecule has 0 amide bonds. The summed E-state index contributed by atoms with van der Waals surface area (Å²) in [6.07, 6.45) is 2.20. The minimum Gasteiger partial charge on any atom is -0.389 e. The predicted octanol–water partition coefficient (Wildman–Crippen LogP) is 2.24. The van der Waals surface area contributed by atoms with E-state index in [4.69, 9.17) is 0 Å². The Morgan fingerprint density at radius 3 is 2.10 bits per heavy atom. The van der Waals surface area contributed by atoms with Crippen molar-refractivity contribution in [3.8, 4) is 0 Å². The van der Waals surface area contributed by atoms with Crippen molar-refractivity contribution in [1.82, 2.24) is 9.55 Å². The van der Waals surface area contributed by atoms with E-state index >= 15 is 0 Å². The van der Waals surface area contributed by atoms with Crippen molar-refractivity contribution in [2.45, 2.75) is 31.3 Å². The average Bonchev–Trinajstić information content (AvgIpc) is 2.76. The van der Waals surface area contributed by atoms with Gasteiger partial charge in [-0.15, -0.1) is 0 Å². The average molecular weight is 405 g/mol. The second-order valence-electron chi connectivity index (χ2n) is 8.16. The van der Waals surface area contributed by atoms with Crippen LogP contribution in [0.25, 0.3) is 0 Å². The van der Waals surface area contributed by atoms with Gasteiger partial charge in [0.1, 0.15) is 5.82 Å². The van der Waals surface area contributed by atoms with Crippen molar-refractivity contribution in [2.75, 3.05) is 18.0 Å². The van der Waals surface area contributed by atoms with Gasteiger partial charge in [0.2, 0.25) is 0 Å². The molecule has 0 aliphatic carbocycles. The summed E-state index contributed by atoms with van der Waals surface area (Å²) in [6.45, 7) is 1.16. The summed E-state index contributed by atoms with van der Waals surface area (Å²) >= 11 is 0. The SMILES string of the molecule is Cn1c(=O)[nH]c(N2CCC(O)(Cc3ccccc3)CC2)c(Cc2ccccc2)c1=O. The van der Waals surface area contributed by atoms with Crippen LogP contribution < -0.4 is 16.1 Å². The van der Waals surface area contributed by atoms with Gasteiger partial charge in [-0.05, 0) is 24.0 Å². The fourth-order valence-corrected chi connectivity index (χ4v) is 4.18. The molecule has 2 heterocycles. The zero-order valence-corrected chi connectivity index (χ0v) is 17.2. The fourth-order valence-electron chi connectivity index (χ4n) is 4.18. The topological polar surface area (TPSA) is 78.3 Å². The highest BCUT2D eigenvalue weighted by Crippen LogP contribution is 2.29. The van der Waals surface area contributed by atoms with Crippen molar-refractivity contribution in [3.05, 3.63) is 98.2 Å². The molecule has 1 fully saturated rings. The Morgan fingerprint density at radius 1 is 0.933 bits per heavy atom. The molecule has 6 nitrogen and oxygen atoms in total. The highest BCUT2D eigenvalue weighted by atomic mass is 16.3. The maximum Gasteiger partial charge on any atom is 0.329 e. The van der Waals surface area contributed by atoms with E-state index in [9.17, 15) is 14.7 Å². The summed E-state index contributed by atoms with van der Waals surface area (Å²) in [5, 5.41) is 11.1. The normalized spacial score (nSPS) is 15.9. The number of anilines is 1. The third-order valence-corrected chi connectivity index (χ3v) is 5.99. The molecule has 2 aromatic carbocycles. The van der Waals surface area contributed by atoms with Gasteiger partial charge in [-0.2, -0.15) is 0 Å². The van der Waals surface area contributed by atoms with E-state index in [1.54, 1.807) is 0 Å². The zero-order valence-electron chi connectivity index (χ0n) is 17.2. The number of hydrogen-bond acceptors (Lipinski definition) is 4. The number of nitrogens with zero attached hydrogens (tertiary/aromatic N) is 2. The molecule has 2 N–H and O–H groups in total. The molecule has 6 heteroatoms. The maximum atomic E-state index is 12.9. The highest BCUT2D eigenvalue weighted by Gasteiger charge is 2.33. The quantitative estimate of drug-likeness (QED) is 0.682. The lowest BCUT2D eigenvalue weighted by atomic mass is 9.85. The first-order chi connectivity index (χ1) is 14.5. The fraction of sp³-hybridized carbons (Fsp3) is 0.333. The van der Waals surface area contributed by atoms with E-state index in [1.165, 1.54) is 7.05 Å². The van der Waals surface area contributed by atoms with E-state index in [1.807, 2.05) is 65.6 Å². The second-order valence-corrected chi connectivity index (χ2v) is 8.16. The van der Waals surface area contributed by atoms with Crippen molar-refractivity contribution < 1.29 is 5.11 Å². The molecule has 3 aromatic rings. The van der Waals surface area contributed by atoms with Gasteiger partial charge in [0.15, 0.2) is 0 Å². The number of aromatic amines is 1. The molecular weight excluding hydrogens is 378 g/mol. The van der Waals surface area contributed by atoms with Crippen LogP contribution in [0.15, 0.2) is 70.3 Å². The number of aliphatic hydroxyl groups is 1. The number of piperidine rings is 1. The third kappa shape index (κ3) is 4.24. The van der Waals surface area contributed by atoms with Crippen LogP contribution in [0.2, 0.25) is 0 Å². The van der Waals surface area contributed by atoms with Crippen molar-refractivity contribution in [1.29, 1.82) is 0 Å². The van der Waals surface area contributed by atoms with Gasteiger partial charge in [-0.1, -0.05) is 60.7 Å². The van der Waals surface area contributed by atoms with Gasteiger partial charge in [-0.3, -0.25) is 14.3 Å². The molecule has 1 aliphatic heterocycles. The number of benzene rings is 2. The number of H-pyrrole nitrogens is 1. The summed E-state index contributed by atoms with van der Waals surface area (Å²) < 4.78 is 1.12. The van der Waals surface area contributed by atoms with Crippen LogP contribution in [-0.2, 0) is 19.9 Å². The van der Waals surface area contributed by atoms with Gasteiger partial charge in [0.25, 0.3) is 5.56 Å². The molecule has 0 spiro atoms. The van der Waals surface area contributed by atoms with Crippen LogP contribution in [0.1, 0.15) is 29.5 Å².